The molecule has 0 amide bonds. The van der Waals surface area contributed by atoms with Gasteiger partial charge in [0.15, 0.2) is 11.6 Å². The van der Waals surface area contributed by atoms with Crippen molar-refractivity contribution in [1.82, 2.24) is 15.5 Å². The number of hydrogen-bond acceptors (Lipinski definition) is 10. The lowest BCUT2D eigenvalue weighted by molar-refractivity contribution is 0.0693. The first kappa shape index (κ1) is 22.9. The minimum Gasteiger partial charge on any atom is -0.507 e. The van der Waals surface area contributed by atoms with Gasteiger partial charge < -0.3 is 25.5 Å². The van der Waals surface area contributed by atoms with E-state index in [-0.39, 0.29) is 36.0 Å². The molecule has 178 valence electrons. The summed E-state index contributed by atoms with van der Waals surface area (Å²) in [4.78, 5) is 23.2. The maximum Gasteiger partial charge on any atom is 0.339 e. The number of carbonyl (C=O) groups is 1. The standard InChI is InChI=1S/C22H31N7O4/c1-12(2)28-18-19(23-14-7-8-17(31)16(10-14)21(32)33)24-22(27-9-5-6-15(27)11-30)25-20(18)29(26-28)13(3)4/h7-8,10,12-13,15,26,30-31H,5-6,9,11H2,1-4H3,(H,32,33)(H,23,24,25)/t15-/m1/s1. The van der Waals surface area contributed by atoms with Crippen LogP contribution in [0.15, 0.2) is 18.2 Å². The Morgan fingerprint density at radius 1 is 1.21 bits per heavy atom. The van der Waals surface area contributed by atoms with Gasteiger partial charge in [0.1, 0.15) is 17.0 Å². The number of nitrogens with one attached hydrogen (secondary N) is 2. The molecular formula is C22H31N7O4. The van der Waals surface area contributed by atoms with Gasteiger partial charge in [-0.1, -0.05) is 0 Å². The zero-order valence-electron chi connectivity index (χ0n) is 19.3. The third-order valence-corrected chi connectivity index (χ3v) is 5.91. The Kier molecular flexibility index (Phi) is 6.17. The SMILES string of the molecule is CC(C)N1NN(C(C)C)c2c(Nc3ccc(O)c(C(=O)O)c3)nc(N3CCC[C@@H]3CO)nc21. The number of carboxylic acids is 1. The van der Waals surface area contributed by atoms with Gasteiger partial charge in [-0.05, 0) is 58.7 Å². The highest BCUT2D eigenvalue weighted by atomic mass is 16.4. The van der Waals surface area contributed by atoms with Crippen molar-refractivity contribution in [3.63, 3.8) is 0 Å². The number of benzene rings is 1. The van der Waals surface area contributed by atoms with Gasteiger partial charge in [-0.2, -0.15) is 9.97 Å². The van der Waals surface area contributed by atoms with Crippen LogP contribution in [0.4, 0.5) is 29.0 Å². The van der Waals surface area contributed by atoms with Crippen molar-refractivity contribution in [3.8, 4) is 5.75 Å². The second-order valence-electron chi connectivity index (χ2n) is 8.91. The smallest absolute Gasteiger partial charge is 0.339 e. The van der Waals surface area contributed by atoms with E-state index in [1.807, 2.05) is 28.8 Å². The maximum absolute atomic E-state index is 11.5. The lowest BCUT2D eigenvalue weighted by Gasteiger charge is -2.27. The molecule has 33 heavy (non-hydrogen) atoms. The number of aliphatic hydroxyl groups is 1. The lowest BCUT2D eigenvalue weighted by Crippen LogP contribution is -2.50. The number of anilines is 5. The molecule has 2 aliphatic rings. The van der Waals surface area contributed by atoms with Crippen LogP contribution in [0.25, 0.3) is 0 Å². The number of rotatable bonds is 7. The molecule has 2 aliphatic heterocycles. The first-order valence-corrected chi connectivity index (χ1v) is 11.2. The maximum atomic E-state index is 11.5. The number of phenols is 1. The predicted octanol–water partition coefficient (Wildman–Crippen LogP) is 2.45. The Bertz CT molecular complexity index is 1050. The van der Waals surface area contributed by atoms with E-state index < -0.39 is 5.97 Å². The number of aromatic nitrogens is 2. The van der Waals surface area contributed by atoms with Crippen molar-refractivity contribution in [2.24, 2.45) is 0 Å². The van der Waals surface area contributed by atoms with Crippen LogP contribution in [-0.2, 0) is 0 Å². The van der Waals surface area contributed by atoms with Gasteiger partial charge in [0.2, 0.25) is 5.95 Å². The topological polar surface area (TPSA) is 137 Å². The van der Waals surface area contributed by atoms with E-state index in [0.717, 1.165) is 25.1 Å². The van der Waals surface area contributed by atoms with E-state index in [9.17, 15) is 20.1 Å². The largest absolute Gasteiger partial charge is 0.507 e. The first-order valence-electron chi connectivity index (χ1n) is 11.2. The third kappa shape index (κ3) is 4.21. The molecular weight excluding hydrogens is 426 g/mol. The summed E-state index contributed by atoms with van der Waals surface area (Å²) in [6.45, 7) is 8.97. The van der Waals surface area contributed by atoms with Crippen LogP contribution in [0.2, 0.25) is 0 Å². The lowest BCUT2D eigenvalue weighted by atomic mass is 10.1. The van der Waals surface area contributed by atoms with Crippen LogP contribution in [0.3, 0.4) is 0 Å². The van der Waals surface area contributed by atoms with Crippen LogP contribution in [0.5, 0.6) is 5.75 Å². The second kappa shape index (κ2) is 8.91. The highest BCUT2D eigenvalue weighted by Crippen LogP contribution is 2.42. The Morgan fingerprint density at radius 3 is 2.58 bits per heavy atom. The van der Waals surface area contributed by atoms with Gasteiger partial charge in [0.05, 0.1) is 12.6 Å². The van der Waals surface area contributed by atoms with Crippen molar-refractivity contribution < 1.29 is 20.1 Å². The van der Waals surface area contributed by atoms with Crippen LogP contribution in [0, 0.1) is 0 Å². The third-order valence-electron chi connectivity index (χ3n) is 5.91. The molecule has 0 radical (unpaired) electrons. The van der Waals surface area contributed by atoms with E-state index >= 15 is 0 Å². The van der Waals surface area contributed by atoms with Crippen molar-refractivity contribution in [3.05, 3.63) is 23.8 Å². The quantitative estimate of drug-likeness (QED) is 0.392. The zero-order valence-corrected chi connectivity index (χ0v) is 19.3. The summed E-state index contributed by atoms with van der Waals surface area (Å²) in [5.41, 5.74) is 4.40. The highest BCUT2D eigenvalue weighted by Gasteiger charge is 2.37. The minimum atomic E-state index is -1.22. The fraction of sp³-hybridized carbons (Fsp3) is 0.500. The van der Waals surface area contributed by atoms with Crippen LogP contribution >= 0.6 is 0 Å². The van der Waals surface area contributed by atoms with Crippen molar-refractivity contribution in [2.45, 2.75) is 58.7 Å². The molecule has 0 saturated carbocycles. The average molecular weight is 458 g/mol. The molecule has 4 rings (SSSR count). The first-order chi connectivity index (χ1) is 15.7. The molecule has 1 fully saturated rings. The number of nitrogens with zero attached hydrogens (tertiary/aromatic N) is 5. The summed E-state index contributed by atoms with van der Waals surface area (Å²) in [5, 5.41) is 36.3. The molecule has 5 N–H and O–H groups in total. The minimum absolute atomic E-state index is 0.0212. The molecule has 1 atom stereocenters. The van der Waals surface area contributed by atoms with Crippen LogP contribution in [0.1, 0.15) is 50.9 Å². The number of aromatic carboxylic acids is 1. The summed E-state index contributed by atoms with van der Waals surface area (Å²) < 4.78 is 0. The molecule has 3 heterocycles. The van der Waals surface area contributed by atoms with E-state index in [1.54, 1.807) is 6.07 Å². The molecule has 0 spiro atoms. The number of hydrogen-bond donors (Lipinski definition) is 5. The summed E-state index contributed by atoms with van der Waals surface area (Å²) >= 11 is 0. The van der Waals surface area contributed by atoms with Gasteiger partial charge in [-0.25, -0.2) is 4.79 Å². The zero-order chi connectivity index (χ0) is 23.9. The molecule has 1 aromatic carbocycles. The molecule has 0 aliphatic carbocycles. The van der Waals surface area contributed by atoms with Gasteiger partial charge in [0.25, 0.3) is 0 Å². The Balaban J connectivity index is 1.85. The molecule has 0 unspecified atom stereocenters. The number of aliphatic hydroxyl groups excluding tert-OH is 1. The normalized spacial score (nSPS) is 17.9. The fourth-order valence-corrected chi connectivity index (χ4v) is 4.19. The Hall–Kier alpha value is -3.31. The molecule has 2 aromatic rings. The monoisotopic (exact) mass is 457 g/mol. The summed E-state index contributed by atoms with van der Waals surface area (Å²) in [7, 11) is 0. The van der Waals surface area contributed by atoms with Crippen LogP contribution < -0.4 is 25.8 Å². The van der Waals surface area contributed by atoms with E-state index in [1.165, 1.54) is 12.1 Å². The number of fused-ring (bicyclic) bond motifs is 1. The molecule has 11 heteroatoms. The Morgan fingerprint density at radius 2 is 1.94 bits per heavy atom. The molecule has 1 saturated heterocycles. The van der Waals surface area contributed by atoms with Gasteiger partial charge in [0, 0.05) is 24.3 Å². The van der Waals surface area contributed by atoms with Gasteiger partial charge >= 0.3 is 5.97 Å². The van der Waals surface area contributed by atoms with Gasteiger partial charge in [-0.3, -0.25) is 10.0 Å². The van der Waals surface area contributed by atoms with Crippen molar-refractivity contribution in [1.29, 1.82) is 0 Å². The average Bonchev–Trinajstić information content (AvgIpc) is 3.39. The highest BCUT2D eigenvalue weighted by molar-refractivity contribution is 5.93. The van der Waals surface area contributed by atoms with E-state index in [0.29, 0.717) is 23.3 Å². The fourth-order valence-electron chi connectivity index (χ4n) is 4.19. The second-order valence-corrected chi connectivity index (χ2v) is 8.91. The predicted molar refractivity (Wildman–Crippen MR) is 126 cm³/mol. The molecule has 1 aromatic heterocycles. The van der Waals surface area contributed by atoms with Gasteiger partial charge in [-0.15, -0.1) is 5.53 Å². The number of aromatic hydroxyl groups is 1. The van der Waals surface area contributed by atoms with E-state index in [4.69, 9.17) is 9.97 Å². The Labute approximate surface area is 192 Å². The summed E-state index contributed by atoms with van der Waals surface area (Å²) in [6, 6.07) is 4.45. The summed E-state index contributed by atoms with van der Waals surface area (Å²) in [6.07, 6.45) is 1.81. The van der Waals surface area contributed by atoms with Crippen molar-refractivity contribution in [2.75, 3.05) is 33.4 Å². The molecule has 0 bridgehead atoms. The van der Waals surface area contributed by atoms with Crippen LogP contribution in [-0.4, -0.2) is 62.5 Å². The summed E-state index contributed by atoms with van der Waals surface area (Å²) in [5.74, 6) is 0.185. The van der Waals surface area contributed by atoms with E-state index in [2.05, 4.69) is 24.7 Å². The number of hydrazine groups is 2. The van der Waals surface area contributed by atoms with Crippen molar-refractivity contribution >= 4 is 34.9 Å². The molecule has 11 nitrogen and oxygen atoms in total. The number of carboxylic acid groups (broad SMARTS) is 1.